The maximum Gasteiger partial charge on any atom is 0.251 e. The molecule has 5 heteroatoms. The molecule has 0 spiro atoms. The average Bonchev–Trinajstić information content (AvgIpc) is 2.61. The molecule has 0 heterocycles. The zero-order valence-electron chi connectivity index (χ0n) is 14.1. The van der Waals surface area contributed by atoms with Crippen LogP contribution in [0.25, 0.3) is 0 Å². The molecule has 0 bridgehead atoms. The highest BCUT2D eigenvalue weighted by atomic mass is 16.5. The summed E-state index contributed by atoms with van der Waals surface area (Å²) in [7, 11) is 1.64. The van der Waals surface area contributed by atoms with E-state index in [0.717, 1.165) is 22.4 Å². The van der Waals surface area contributed by atoms with Crippen molar-refractivity contribution in [3.63, 3.8) is 0 Å². The zero-order chi connectivity index (χ0) is 17.5. The predicted molar refractivity (Wildman–Crippen MR) is 94.2 cm³/mol. The number of aliphatic hydroxyl groups excluding tert-OH is 1. The van der Waals surface area contributed by atoms with Gasteiger partial charge in [0.2, 0.25) is 0 Å². The van der Waals surface area contributed by atoms with Gasteiger partial charge in [0.1, 0.15) is 5.75 Å². The van der Waals surface area contributed by atoms with Crippen LogP contribution in [0.5, 0.6) is 5.75 Å². The molecular formula is C19H24N2O3. The van der Waals surface area contributed by atoms with Gasteiger partial charge in [0.05, 0.1) is 19.8 Å². The number of benzene rings is 2. The van der Waals surface area contributed by atoms with Crippen molar-refractivity contribution in [2.45, 2.75) is 19.4 Å². The molecule has 0 aliphatic carbocycles. The van der Waals surface area contributed by atoms with Gasteiger partial charge >= 0.3 is 0 Å². The standard InChI is InChI=1S/C19H24N2O3/c1-13-6-7-18(24-2)15(10-13)8-9-21-19(23)16-5-3-4-14(11-16)17(20)12-22/h3-7,10-11,17,22H,8-9,12,20H2,1-2H3,(H,21,23). The SMILES string of the molecule is COc1ccc(C)cc1CCNC(=O)c1cccc(C(N)CO)c1. The molecule has 5 nitrogen and oxygen atoms in total. The van der Waals surface area contributed by atoms with Crippen molar-refractivity contribution >= 4 is 5.91 Å². The number of rotatable bonds is 7. The first-order valence-corrected chi connectivity index (χ1v) is 7.93. The van der Waals surface area contributed by atoms with Gasteiger partial charge in [-0.3, -0.25) is 4.79 Å². The molecule has 0 aromatic heterocycles. The number of hydrogen-bond acceptors (Lipinski definition) is 4. The Labute approximate surface area is 142 Å². The average molecular weight is 328 g/mol. The van der Waals surface area contributed by atoms with E-state index in [1.54, 1.807) is 31.4 Å². The first-order chi connectivity index (χ1) is 11.5. The van der Waals surface area contributed by atoms with Gasteiger partial charge in [0.25, 0.3) is 5.91 Å². The molecule has 128 valence electrons. The number of methoxy groups -OCH3 is 1. The Balaban J connectivity index is 1.98. The van der Waals surface area contributed by atoms with Gasteiger partial charge in [-0.2, -0.15) is 0 Å². The summed E-state index contributed by atoms with van der Waals surface area (Å²) in [5.41, 5.74) is 9.29. The van der Waals surface area contributed by atoms with Crippen LogP contribution < -0.4 is 15.8 Å². The molecule has 0 aliphatic rings. The number of hydrogen-bond donors (Lipinski definition) is 3. The molecule has 4 N–H and O–H groups in total. The molecule has 1 unspecified atom stereocenters. The third kappa shape index (κ3) is 4.57. The minimum atomic E-state index is -0.477. The lowest BCUT2D eigenvalue weighted by Crippen LogP contribution is -2.26. The van der Waals surface area contributed by atoms with E-state index >= 15 is 0 Å². The minimum Gasteiger partial charge on any atom is -0.496 e. The van der Waals surface area contributed by atoms with Crippen LogP contribution in [0.2, 0.25) is 0 Å². The molecule has 24 heavy (non-hydrogen) atoms. The monoisotopic (exact) mass is 328 g/mol. The van der Waals surface area contributed by atoms with E-state index < -0.39 is 6.04 Å². The van der Waals surface area contributed by atoms with Crippen molar-refractivity contribution in [1.29, 1.82) is 0 Å². The number of nitrogens with one attached hydrogen (secondary N) is 1. The summed E-state index contributed by atoms with van der Waals surface area (Å²) >= 11 is 0. The van der Waals surface area contributed by atoms with E-state index in [0.29, 0.717) is 18.5 Å². The Morgan fingerprint density at radius 3 is 2.79 bits per heavy atom. The summed E-state index contributed by atoms with van der Waals surface area (Å²) in [5, 5.41) is 12.0. The molecule has 2 aromatic rings. The van der Waals surface area contributed by atoms with Crippen LogP contribution in [0.3, 0.4) is 0 Å². The topological polar surface area (TPSA) is 84.6 Å². The van der Waals surface area contributed by atoms with Crippen molar-refractivity contribution in [1.82, 2.24) is 5.32 Å². The highest BCUT2D eigenvalue weighted by molar-refractivity contribution is 5.94. The quantitative estimate of drug-likeness (QED) is 0.725. The Morgan fingerprint density at radius 2 is 2.08 bits per heavy atom. The molecule has 0 fully saturated rings. The van der Waals surface area contributed by atoms with Crippen LogP contribution in [-0.2, 0) is 6.42 Å². The van der Waals surface area contributed by atoms with Crippen molar-refractivity contribution < 1.29 is 14.6 Å². The van der Waals surface area contributed by atoms with Crippen LogP contribution in [-0.4, -0.2) is 31.3 Å². The van der Waals surface area contributed by atoms with Gasteiger partial charge in [0.15, 0.2) is 0 Å². The van der Waals surface area contributed by atoms with Gasteiger partial charge < -0.3 is 20.9 Å². The fourth-order valence-corrected chi connectivity index (χ4v) is 2.53. The van der Waals surface area contributed by atoms with Gasteiger partial charge in [-0.25, -0.2) is 0 Å². The number of aryl methyl sites for hydroxylation is 1. The van der Waals surface area contributed by atoms with Crippen molar-refractivity contribution in [2.24, 2.45) is 5.73 Å². The molecule has 1 atom stereocenters. The van der Waals surface area contributed by atoms with Gasteiger partial charge in [-0.05, 0) is 42.7 Å². The summed E-state index contributed by atoms with van der Waals surface area (Å²) in [6.45, 7) is 2.38. The fraction of sp³-hybridized carbons (Fsp3) is 0.316. The molecule has 2 aromatic carbocycles. The number of aliphatic hydroxyl groups is 1. The first kappa shape index (κ1) is 18.0. The summed E-state index contributed by atoms with van der Waals surface area (Å²) in [6.07, 6.45) is 0.687. The maximum absolute atomic E-state index is 12.3. The molecule has 0 saturated heterocycles. The molecule has 2 rings (SSSR count). The second kappa shape index (κ2) is 8.47. The lowest BCUT2D eigenvalue weighted by molar-refractivity contribution is 0.0954. The van der Waals surface area contributed by atoms with Crippen molar-refractivity contribution in [3.8, 4) is 5.75 Å². The minimum absolute atomic E-state index is 0.155. The predicted octanol–water partition coefficient (Wildman–Crippen LogP) is 1.97. The van der Waals surface area contributed by atoms with Crippen LogP contribution in [0, 0.1) is 6.92 Å². The van der Waals surface area contributed by atoms with E-state index in [9.17, 15) is 4.79 Å². The molecule has 0 radical (unpaired) electrons. The van der Waals surface area contributed by atoms with E-state index in [2.05, 4.69) is 11.4 Å². The largest absolute Gasteiger partial charge is 0.496 e. The fourth-order valence-electron chi connectivity index (χ4n) is 2.53. The van der Waals surface area contributed by atoms with E-state index in [1.807, 2.05) is 19.1 Å². The van der Waals surface area contributed by atoms with E-state index in [-0.39, 0.29) is 12.5 Å². The Kier molecular flexibility index (Phi) is 6.35. The highest BCUT2D eigenvalue weighted by Gasteiger charge is 2.10. The Morgan fingerprint density at radius 1 is 1.29 bits per heavy atom. The van der Waals surface area contributed by atoms with Crippen LogP contribution >= 0.6 is 0 Å². The van der Waals surface area contributed by atoms with Crippen LogP contribution in [0.1, 0.15) is 33.1 Å². The van der Waals surface area contributed by atoms with Crippen molar-refractivity contribution in [3.05, 3.63) is 64.7 Å². The molecule has 0 saturated carbocycles. The summed E-state index contributed by atoms with van der Waals surface area (Å²) < 4.78 is 5.35. The summed E-state index contributed by atoms with van der Waals surface area (Å²) in [6, 6.07) is 12.5. The van der Waals surface area contributed by atoms with Crippen LogP contribution in [0.4, 0.5) is 0 Å². The molecule has 0 aliphatic heterocycles. The van der Waals surface area contributed by atoms with Gasteiger partial charge in [0, 0.05) is 12.1 Å². The van der Waals surface area contributed by atoms with E-state index in [4.69, 9.17) is 15.6 Å². The summed E-state index contributed by atoms with van der Waals surface area (Å²) in [5.74, 6) is 0.666. The Bertz CT molecular complexity index is 701. The molecule has 1 amide bonds. The number of carbonyl (C=O) groups is 1. The van der Waals surface area contributed by atoms with Gasteiger partial charge in [-0.1, -0.05) is 29.8 Å². The smallest absolute Gasteiger partial charge is 0.251 e. The normalized spacial score (nSPS) is 11.8. The molecular weight excluding hydrogens is 304 g/mol. The third-order valence-electron chi connectivity index (χ3n) is 3.89. The second-order valence-corrected chi connectivity index (χ2v) is 5.74. The Hall–Kier alpha value is -2.37. The van der Waals surface area contributed by atoms with E-state index in [1.165, 1.54) is 0 Å². The first-order valence-electron chi connectivity index (χ1n) is 7.93. The maximum atomic E-state index is 12.3. The van der Waals surface area contributed by atoms with Gasteiger partial charge in [-0.15, -0.1) is 0 Å². The van der Waals surface area contributed by atoms with Crippen molar-refractivity contribution in [2.75, 3.05) is 20.3 Å². The lowest BCUT2D eigenvalue weighted by atomic mass is 10.0. The highest BCUT2D eigenvalue weighted by Crippen LogP contribution is 2.20. The summed E-state index contributed by atoms with van der Waals surface area (Å²) in [4.78, 5) is 12.3. The second-order valence-electron chi connectivity index (χ2n) is 5.74. The number of carbonyl (C=O) groups excluding carboxylic acids is 1. The number of amides is 1. The lowest BCUT2D eigenvalue weighted by Gasteiger charge is -2.12. The number of nitrogens with two attached hydrogens (primary N) is 1. The third-order valence-corrected chi connectivity index (χ3v) is 3.89. The number of ether oxygens (including phenoxy) is 1. The zero-order valence-corrected chi connectivity index (χ0v) is 14.1. The van der Waals surface area contributed by atoms with Crippen LogP contribution in [0.15, 0.2) is 42.5 Å².